The molecule has 0 spiro atoms. The SMILES string of the molecule is CNc1nc(C(C)C)nc(Nc2cc(Br)ccc2F)c1C. The maximum Gasteiger partial charge on any atom is 0.146 e. The lowest BCUT2D eigenvalue weighted by Gasteiger charge is -2.15. The van der Waals surface area contributed by atoms with Crippen LogP contribution < -0.4 is 10.6 Å². The van der Waals surface area contributed by atoms with E-state index in [9.17, 15) is 4.39 Å². The fourth-order valence-corrected chi connectivity index (χ4v) is 2.24. The Morgan fingerprint density at radius 1 is 1.19 bits per heavy atom. The fraction of sp³-hybridized carbons (Fsp3) is 0.333. The number of aromatic nitrogens is 2. The molecule has 2 N–H and O–H groups in total. The number of hydrogen-bond acceptors (Lipinski definition) is 4. The molecule has 0 bridgehead atoms. The summed E-state index contributed by atoms with van der Waals surface area (Å²) in [5.41, 5.74) is 1.23. The minimum Gasteiger partial charge on any atom is -0.373 e. The van der Waals surface area contributed by atoms with Gasteiger partial charge in [-0.3, -0.25) is 0 Å². The van der Waals surface area contributed by atoms with Crippen LogP contribution in [0.15, 0.2) is 22.7 Å². The van der Waals surface area contributed by atoms with E-state index in [0.29, 0.717) is 17.3 Å². The second kappa shape index (κ2) is 6.39. The van der Waals surface area contributed by atoms with E-state index in [1.807, 2.05) is 27.8 Å². The predicted octanol–water partition coefficient (Wildman–Crippen LogP) is 4.60. The number of nitrogens with one attached hydrogen (secondary N) is 2. The standard InChI is InChI=1S/C15H18BrFN4/c1-8(2)13-20-14(18-4)9(3)15(21-13)19-12-7-10(16)5-6-11(12)17/h5-8H,1-4H3,(H2,18,19,20,21). The first-order valence-electron chi connectivity index (χ1n) is 6.70. The molecule has 6 heteroatoms. The average molecular weight is 353 g/mol. The molecule has 2 aromatic rings. The van der Waals surface area contributed by atoms with Crippen molar-refractivity contribution in [1.29, 1.82) is 0 Å². The molecule has 21 heavy (non-hydrogen) atoms. The lowest BCUT2D eigenvalue weighted by atomic mass is 10.2. The molecule has 0 fully saturated rings. The lowest BCUT2D eigenvalue weighted by Crippen LogP contribution is -2.08. The van der Waals surface area contributed by atoms with Gasteiger partial charge in [-0.05, 0) is 25.1 Å². The highest BCUT2D eigenvalue weighted by atomic mass is 79.9. The molecule has 112 valence electrons. The molecule has 0 aliphatic carbocycles. The Kier molecular flexibility index (Phi) is 4.77. The smallest absolute Gasteiger partial charge is 0.146 e. The van der Waals surface area contributed by atoms with Crippen LogP contribution in [0.3, 0.4) is 0 Å². The zero-order chi connectivity index (χ0) is 15.6. The summed E-state index contributed by atoms with van der Waals surface area (Å²) in [5.74, 6) is 1.92. The van der Waals surface area contributed by atoms with Gasteiger partial charge in [0.15, 0.2) is 0 Å². The molecule has 0 saturated carbocycles. The molecule has 0 atom stereocenters. The number of halogens is 2. The van der Waals surface area contributed by atoms with Crippen LogP contribution in [-0.4, -0.2) is 17.0 Å². The van der Waals surface area contributed by atoms with Crippen LogP contribution in [-0.2, 0) is 0 Å². The predicted molar refractivity (Wildman–Crippen MR) is 87.8 cm³/mol. The molecule has 0 saturated heterocycles. The van der Waals surface area contributed by atoms with Crippen LogP contribution >= 0.6 is 15.9 Å². The van der Waals surface area contributed by atoms with E-state index in [-0.39, 0.29) is 11.7 Å². The summed E-state index contributed by atoms with van der Waals surface area (Å²) in [5, 5.41) is 6.10. The first kappa shape index (κ1) is 15.7. The highest BCUT2D eigenvalue weighted by molar-refractivity contribution is 9.10. The van der Waals surface area contributed by atoms with Gasteiger partial charge < -0.3 is 10.6 Å². The molecule has 0 radical (unpaired) electrons. The molecule has 1 aromatic heterocycles. The van der Waals surface area contributed by atoms with Crippen molar-refractivity contribution in [2.75, 3.05) is 17.7 Å². The van der Waals surface area contributed by atoms with Gasteiger partial charge in [0.25, 0.3) is 0 Å². The first-order valence-corrected chi connectivity index (χ1v) is 7.50. The Hall–Kier alpha value is -1.69. The van der Waals surface area contributed by atoms with Crippen molar-refractivity contribution in [3.8, 4) is 0 Å². The van der Waals surface area contributed by atoms with Crippen LogP contribution in [0.5, 0.6) is 0 Å². The van der Waals surface area contributed by atoms with Gasteiger partial charge in [-0.25, -0.2) is 14.4 Å². The van der Waals surface area contributed by atoms with Crippen molar-refractivity contribution in [3.63, 3.8) is 0 Å². The van der Waals surface area contributed by atoms with Crippen LogP contribution in [0.2, 0.25) is 0 Å². The molecule has 0 unspecified atom stereocenters. The number of nitrogens with zero attached hydrogens (tertiary/aromatic N) is 2. The summed E-state index contributed by atoms with van der Waals surface area (Å²) in [4.78, 5) is 8.97. The van der Waals surface area contributed by atoms with Crippen LogP contribution in [0.1, 0.15) is 31.2 Å². The molecule has 4 nitrogen and oxygen atoms in total. The largest absolute Gasteiger partial charge is 0.373 e. The molecule has 0 amide bonds. The van der Waals surface area contributed by atoms with Gasteiger partial charge >= 0.3 is 0 Å². The monoisotopic (exact) mass is 352 g/mol. The average Bonchev–Trinajstić information content (AvgIpc) is 2.44. The normalized spacial score (nSPS) is 10.8. The summed E-state index contributed by atoms with van der Waals surface area (Å²) in [6, 6.07) is 4.75. The number of anilines is 3. The fourth-order valence-electron chi connectivity index (χ4n) is 1.88. The van der Waals surface area contributed by atoms with Crippen molar-refractivity contribution in [3.05, 3.63) is 39.9 Å². The molecule has 0 aliphatic heterocycles. The first-order chi connectivity index (χ1) is 9.92. The summed E-state index contributed by atoms with van der Waals surface area (Å²) in [6.45, 7) is 5.94. The van der Waals surface area contributed by atoms with E-state index in [1.54, 1.807) is 12.1 Å². The Balaban J connectivity index is 2.47. The van der Waals surface area contributed by atoms with Gasteiger partial charge in [0, 0.05) is 23.0 Å². The Morgan fingerprint density at radius 2 is 1.86 bits per heavy atom. The van der Waals surface area contributed by atoms with Gasteiger partial charge in [-0.2, -0.15) is 0 Å². The molecule has 2 rings (SSSR count). The van der Waals surface area contributed by atoms with E-state index < -0.39 is 0 Å². The van der Waals surface area contributed by atoms with Crippen molar-refractivity contribution < 1.29 is 4.39 Å². The van der Waals surface area contributed by atoms with Crippen LogP contribution in [0.4, 0.5) is 21.7 Å². The Bertz CT molecular complexity index is 658. The van der Waals surface area contributed by atoms with E-state index in [4.69, 9.17) is 0 Å². The highest BCUT2D eigenvalue weighted by Crippen LogP contribution is 2.28. The van der Waals surface area contributed by atoms with E-state index in [1.165, 1.54) is 6.07 Å². The maximum atomic E-state index is 13.9. The second-order valence-corrected chi connectivity index (χ2v) is 5.97. The molecule has 1 heterocycles. The Labute approximate surface area is 132 Å². The van der Waals surface area contributed by atoms with Gasteiger partial charge in [-0.15, -0.1) is 0 Å². The summed E-state index contributed by atoms with van der Waals surface area (Å²) in [6.07, 6.45) is 0. The maximum absolute atomic E-state index is 13.9. The van der Waals surface area contributed by atoms with Crippen molar-refractivity contribution >= 4 is 33.3 Å². The van der Waals surface area contributed by atoms with Crippen LogP contribution in [0.25, 0.3) is 0 Å². The van der Waals surface area contributed by atoms with Crippen LogP contribution in [0, 0.1) is 12.7 Å². The third-order valence-corrected chi connectivity index (χ3v) is 3.59. The van der Waals surface area contributed by atoms with E-state index in [0.717, 1.165) is 15.9 Å². The molecular weight excluding hydrogens is 335 g/mol. The molecular formula is C15H18BrFN4. The molecule has 0 aliphatic rings. The minimum absolute atomic E-state index is 0.186. The van der Waals surface area contributed by atoms with E-state index in [2.05, 4.69) is 36.5 Å². The zero-order valence-corrected chi connectivity index (χ0v) is 14.0. The number of benzene rings is 1. The highest BCUT2D eigenvalue weighted by Gasteiger charge is 2.14. The van der Waals surface area contributed by atoms with Crippen molar-refractivity contribution in [2.45, 2.75) is 26.7 Å². The summed E-state index contributed by atoms with van der Waals surface area (Å²) < 4.78 is 14.7. The van der Waals surface area contributed by atoms with Gasteiger partial charge in [0.2, 0.25) is 0 Å². The third-order valence-electron chi connectivity index (χ3n) is 3.10. The van der Waals surface area contributed by atoms with Gasteiger partial charge in [-0.1, -0.05) is 29.8 Å². The van der Waals surface area contributed by atoms with Crippen molar-refractivity contribution in [2.24, 2.45) is 0 Å². The zero-order valence-electron chi connectivity index (χ0n) is 12.5. The third kappa shape index (κ3) is 3.50. The molecule has 1 aromatic carbocycles. The van der Waals surface area contributed by atoms with Gasteiger partial charge in [0.05, 0.1) is 5.69 Å². The Morgan fingerprint density at radius 3 is 2.48 bits per heavy atom. The van der Waals surface area contributed by atoms with Crippen molar-refractivity contribution in [1.82, 2.24) is 9.97 Å². The number of hydrogen-bond donors (Lipinski definition) is 2. The lowest BCUT2D eigenvalue weighted by molar-refractivity contribution is 0.631. The topological polar surface area (TPSA) is 49.8 Å². The second-order valence-electron chi connectivity index (χ2n) is 5.06. The minimum atomic E-state index is -0.326. The van der Waals surface area contributed by atoms with Gasteiger partial charge in [0.1, 0.15) is 23.3 Å². The van der Waals surface area contributed by atoms with E-state index >= 15 is 0 Å². The number of rotatable bonds is 4. The summed E-state index contributed by atoms with van der Waals surface area (Å²) in [7, 11) is 1.81. The quantitative estimate of drug-likeness (QED) is 0.844. The summed E-state index contributed by atoms with van der Waals surface area (Å²) >= 11 is 3.34.